The second-order valence-electron chi connectivity index (χ2n) is 3.17. The number of hydrogen-bond donors (Lipinski definition) is 1. The Balaban J connectivity index is 2.18. The summed E-state index contributed by atoms with van der Waals surface area (Å²) in [5, 5.41) is 19.0. The lowest BCUT2D eigenvalue weighted by Crippen LogP contribution is -2.52. The van der Waals surface area contributed by atoms with Crippen molar-refractivity contribution in [3.63, 3.8) is 0 Å². The topological polar surface area (TPSA) is 66.8 Å². The molecular formula is C8H15N2O3-. The highest BCUT2D eigenvalue weighted by Gasteiger charge is 2.15. The summed E-state index contributed by atoms with van der Waals surface area (Å²) in [6.07, 6.45) is -0.326. The summed E-state index contributed by atoms with van der Waals surface area (Å²) in [6.45, 7) is 3.57. The number of aliphatic hydroxyl groups is 1. The van der Waals surface area contributed by atoms with Gasteiger partial charge in [0.25, 0.3) is 0 Å². The molecule has 1 rings (SSSR count). The molecule has 0 aromatic carbocycles. The Morgan fingerprint density at radius 3 is 2.38 bits per heavy atom. The monoisotopic (exact) mass is 187 g/mol. The van der Waals surface area contributed by atoms with Crippen LogP contribution in [0.2, 0.25) is 0 Å². The standard InChI is InChI=1S/C8H16N2O3/c11-7-1-2-9-3-5-10(6-4-9)8(12)13/h11H,1-7H2,(H,12,13)/p-1. The van der Waals surface area contributed by atoms with E-state index in [-0.39, 0.29) is 6.61 Å². The Morgan fingerprint density at radius 1 is 1.31 bits per heavy atom. The Morgan fingerprint density at radius 2 is 1.92 bits per heavy atom. The molecule has 0 radical (unpaired) electrons. The molecule has 1 saturated heterocycles. The van der Waals surface area contributed by atoms with Crippen molar-refractivity contribution in [3.05, 3.63) is 0 Å². The molecule has 0 bridgehead atoms. The Hall–Kier alpha value is -0.810. The highest BCUT2D eigenvalue weighted by atomic mass is 16.4. The molecule has 76 valence electrons. The largest absolute Gasteiger partial charge is 0.530 e. The summed E-state index contributed by atoms with van der Waals surface area (Å²) in [4.78, 5) is 13.9. The SMILES string of the molecule is O=C([O-])N1CCN(CCCO)CC1. The smallest absolute Gasteiger partial charge is 0.137 e. The first-order valence-corrected chi connectivity index (χ1v) is 4.53. The zero-order valence-electron chi connectivity index (χ0n) is 7.61. The molecular weight excluding hydrogens is 172 g/mol. The molecule has 0 atom stereocenters. The molecule has 1 aliphatic rings. The van der Waals surface area contributed by atoms with E-state index in [1.807, 2.05) is 0 Å². The summed E-state index contributed by atoms with van der Waals surface area (Å²) in [5.74, 6) is 0. The van der Waals surface area contributed by atoms with Crippen LogP contribution < -0.4 is 5.11 Å². The molecule has 0 spiro atoms. The maximum Gasteiger partial charge on any atom is 0.137 e. The average Bonchev–Trinajstić information content (AvgIpc) is 2.15. The first kappa shape index (κ1) is 10.3. The van der Waals surface area contributed by atoms with Crippen molar-refractivity contribution >= 4 is 6.09 Å². The zero-order valence-corrected chi connectivity index (χ0v) is 7.61. The second kappa shape index (κ2) is 5.04. The number of carboxylic acid groups (broad SMARTS) is 1. The van der Waals surface area contributed by atoms with Crippen molar-refractivity contribution in [1.82, 2.24) is 9.80 Å². The number of carbonyl (C=O) groups excluding carboxylic acids is 1. The number of nitrogens with zero attached hydrogens (tertiary/aromatic N) is 2. The molecule has 1 fully saturated rings. The van der Waals surface area contributed by atoms with Crippen molar-refractivity contribution in [2.75, 3.05) is 39.3 Å². The van der Waals surface area contributed by atoms with E-state index >= 15 is 0 Å². The van der Waals surface area contributed by atoms with Gasteiger partial charge >= 0.3 is 0 Å². The van der Waals surface area contributed by atoms with Gasteiger partial charge in [-0.25, -0.2) is 0 Å². The normalized spacial score (nSPS) is 19.0. The average molecular weight is 187 g/mol. The molecule has 1 N–H and O–H groups in total. The lowest BCUT2D eigenvalue weighted by molar-refractivity contribution is -0.266. The predicted molar refractivity (Wildman–Crippen MR) is 45.1 cm³/mol. The van der Waals surface area contributed by atoms with Crippen LogP contribution in [0.5, 0.6) is 0 Å². The van der Waals surface area contributed by atoms with Crippen LogP contribution in [-0.2, 0) is 0 Å². The van der Waals surface area contributed by atoms with Crippen LogP contribution in [0.3, 0.4) is 0 Å². The van der Waals surface area contributed by atoms with Gasteiger partial charge in [-0.1, -0.05) is 0 Å². The van der Waals surface area contributed by atoms with Crippen LogP contribution in [0.1, 0.15) is 6.42 Å². The van der Waals surface area contributed by atoms with Crippen LogP contribution in [0, 0.1) is 0 Å². The summed E-state index contributed by atoms with van der Waals surface area (Å²) < 4.78 is 0. The lowest BCUT2D eigenvalue weighted by Gasteiger charge is -2.35. The van der Waals surface area contributed by atoms with Crippen molar-refractivity contribution in [2.45, 2.75) is 6.42 Å². The maximum absolute atomic E-state index is 10.4. The molecule has 0 unspecified atom stereocenters. The van der Waals surface area contributed by atoms with Crippen LogP contribution in [0.4, 0.5) is 4.79 Å². The van der Waals surface area contributed by atoms with Crippen LogP contribution in [0.25, 0.3) is 0 Å². The van der Waals surface area contributed by atoms with E-state index in [0.717, 1.165) is 26.1 Å². The lowest BCUT2D eigenvalue weighted by atomic mass is 10.3. The van der Waals surface area contributed by atoms with Crippen molar-refractivity contribution < 1.29 is 15.0 Å². The minimum atomic E-state index is -1.08. The van der Waals surface area contributed by atoms with Gasteiger partial charge in [-0.2, -0.15) is 0 Å². The van der Waals surface area contributed by atoms with Crippen molar-refractivity contribution in [1.29, 1.82) is 0 Å². The van der Waals surface area contributed by atoms with Gasteiger partial charge in [-0.05, 0) is 6.42 Å². The Kier molecular flexibility index (Phi) is 3.98. The second-order valence-corrected chi connectivity index (χ2v) is 3.17. The van der Waals surface area contributed by atoms with Gasteiger partial charge in [0, 0.05) is 39.3 Å². The van der Waals surface area contributed by atoms with Gasteiger partial charge in [0.15, 0.2) is 0 Å². The fourth-order valence-electron chi connectivity index (χ4n) is 1.45. The molecule has 0 aromatic rings. The molecule has 5 heteroatoms. The maximum atomic E-state index is 10.4. The number of piperazine rings is 1. The molecule has 0 saturated carbocycles. The summed E-state index contributed by atoms with van der Waals surface area (Å²) in [6, 6.07) is 0. The number of carbonyl (C=O) groups is 1. The fourth-order valence-corrected chi connectivity index (χ4v) is 1.45. The van der Waals surface area contributed by atoms with E-state index in [9.17, 15) is 9.90 Å². The summed E-state index contributed by atoms with van der Waals surface area (Å²) >= 11 is 0. The van der Waals surface area contributed by atoms with Crippen LogP contribution in [0.15, 0.2) is 0 Å². The summed E-state index contributed by atoms with van der Waals surface area (Å²) in [5.41, 5.74) is 0. The van der Waals surface area contributed by atoms with Crippen LogP contribution in [-0.4, -0.2) is 60.3 Å². The molecule has 0 aromatic heterocycles. The Labute approximate surface area is 77.6 Å². The van der Waals surface area contributed by atoms with E-state index in [2.05, 4.69) is 4.90 Å². The van der Waals surface area contributed by atoms with E-state index in [4.69, 9.17) is 5.11 Å². The highest BCUT2D eigenvalue weighted by molar-refractivity contribution is 5.62. The van der Waals surface area contributed by atoms with Gasteiger partial charge in [-0.3, -0.25) is 4.90 Å². The first-order valence-electron chi connectivity index (χ1n) is 4.53. The van der Waals surface area contributed by atoms with Gasteiger partial charge < -0.3 is 19.9 Å². The molecule has 1 aliphatic heterocycles. The van der Waals surface area contributed by atoms with Gasteiger partial charge in [-0.15, -0.1) is 0 Å². The Bertz CT molecular complexity index is 167. The minimum Gasteiger partial charge on any atom is -0.530 e. The third-order valence-corrected chi connectivity index (χ3v) is 2.26. The van der Waals surface area contributed by atoms with Crippen molar-refractivity contribution in [3.8, 4) is 0 Å². The molecule has 5 nitrogen and oxygen atoms in total. The van der Waals surface area contributed by atoms with Gasteiger partial charge in [0.1, 0.15) is 6.09 Å². The van der Waals surface area contributed by atoms with Gasteiger partial charge in [0.2, 0.25) is 0 Å². The zero-order chi connectivity index (χ0) is 9.68. The molecule has 1 amide bonds. The predicted octanol–water partition coefficient (Wildman–Crippen LogP) is -1.67. The number of hydrogen-bond acceptors (Lipinski definition) is 4. The third kappa shape index (κ3) is 3.20. The van der Waals surface area contributed by atoms with E-state index < -0.39 is 6.09 Å². The van der Waals surface area contributed by atoms with E-state index in [1.165, 1.54) is 4.90 Å². The summed E-state index contributed by atoms with van der Waals surface area (Å²) in [7, 11) is 0. The highest BCUT2D eigenvalue weighted by Crippen LogP contribution is 2.01. The number of aliphatic hydroxyl groups excluding tert-OH is 1. The number of rotatable bonds is 3. The van der Waals surface area contributed by atoms with E-state index in [1.54, 1.807) is 0 Å². The minimum absolute atomic E-state index is 0.195. The molecule has 13 heavy (non-hydrogen) atoms. The molecule has 0 aliphatic carbocycles. The third-order valence-electron chi connectivity index (χ3n) is 2.26. The van der Waals surface area contributed by atoms with Crippen LogP contribution >= 0.6 is 0 Å². The fraction of sp³-hybridized carbons (Fsp3) is 0.875. The van der Waals surface area contributed by atoms with E-state index in [0.29, 0.717) is 13.1 Å². The first-order chi connectivity index (χ1) is 6.24. The van der Waals surface area contributed by atoms with Gasteiger partial charge in [0.05, 0.1) is 0 Å². The van der Waals surface area contributed by atoms with Crippen molar-refractivity contribution in [2.24, 2.45) is 0 Å². The quantitative estimate of drug-likeness (QED) is 0.573. The number of amides is 1. The molecule has 1 heterocycles.